The average molecular weight is 311 g/mol. The molecule has 1 aliphatic rings. The van der Waals surface area contributed by atoms with E-state index in [0.29, 0.717) is 12.5 Å². The first-order valence-corrected chi connectivity index (χ1v) is 8.72. The van der Waals surface area contributed by atoms with Crippen molar-refractivity contribution in [1.82, 2.24) is 4.90 Å². The molecule has 2 rings (SSSR count). The normalized spacial score (nSPS) is 21.9. The van der Waals surface area contributed by atoms with Crippen molar-refractivity contribution < 1.29 is 15.0 Å². The quantitative estimate of drug-likeness (QED) is 0.811. The second kappa shape index (κ2) is 8.51. The molecule has 1 aromatic heterocycles. The number of rotatable bonds is 7. The molecule has 0 radical (unpaired) electrons. The summed E-state index contributed by atoms with van der Waals surface area (Å²) < 4.78 is 0. The molecule has 0 amide bonds. The van der Waals surface area contributed by atoms with E-state index >= 15 is 0 Å². The number of hydrogen-bond acceptors (Lipinski definition) is 4. The molecular weight excluding hydrogens is 286 g/mol. The van der Waals surface area contributed by atoms with Crippen LogP contribution in [0.25, 0.3) is 0 Å². The molecule has 2 N–H and O–H groups in total. The minimum atomic E-state index is -0.722. The monoisotopic (exact) mass is 311 g/mol. The van der Waals surface area contributed by atoms with Crippen molar-refractivity contribution in [2.45, 2.75) is 57.1 Å². The summed E-state index contributed by atoms with van der Waals surface area (Å²) in [5.41, 5.74) is 0. The van der Waals surface area contributed by atoms with Gasteiger partial charge in [0, 0.05) is 17.3 Å². The Kier molecular flexibility index (Phi) is 6.67. The topological polar surface area (TPSA) is 60.8 Å². The lowest BCUT2D eigenvalue weighted by atomic mass is 10.0. The third kappa shape index (κ3) is 5.41. The third-order valence-electron chi connectivity index (χ3n) is 4.20. The van der Waals surface area contributed by atoms with Gasteiger partial charge in [-0.15, -0.1) is 11.3 Å². The smallest absolute Gasteiger partial charge is 0.303 e. The Balaban J connectivity index is 1.90. The number of thiophene rings is 1. The Labute approximate surface area is 130 Å². The Hall–Kier alpha value is -0.910. The van der Waals surface area contributed by atoms with Crippen molar-refractivity contribution in [3.63, 3.8) is 0 Å². The van der Waals surface area contributed by atoms with Crippen LogP contribution in [-0.2, 0) is 4.79 Å². The summed E-state index contributed by atoms with van der Waals surface area (Å²) in [6.45, 7) is 1.86. The fourth-order valence-corrected chi connectivity index (χ4v) is 3.81. The van der Waals surface area contributed by atoms with Crippen LogP contribution >= 0.6 is 11.3 Å². The highest BCUT2D eigenvalue weighted by atomic mass is 32.1. The van der Waals surface area contributed by atoms with Crippen molar-refractivity contribution in [2.75, 3.05) is 13.1 Å². The van der Waals surface area contributed by atoms with Crippen LogP contribution in [-0.4, -0.2) is 40.2 Å². The predicted molar refractivity (Wildman–Crippen MR) is 84.6 cm³/mol. The summed E-state index contributed by atoms with van der Waals surface area (Å²) in [6.07, 6.45) is 6.02. The number of likely N-dealkylation sites (tertiary alicyclic amines) is 1. The van der Waals surface area contributed by atoms with E-state index in [1.807, 2.05) is 17.5 Å². The molecule has 1 saturated heterocycles. The van der Waals surface area contributed by atoms with Gasteiger partial charge in [0.2, 0.25) is 0 Å². The standard InChI is InChI=1S/C16H25NO3S/c18-14(15-7-5-11-21-15)12-13-6-2-1-3-9-17(13)10-4-8-16(19)20/h5,7,11,13-14,18H,1-4,6,8-10,12H2,(H,19,20)/t13-,14-/m1/s1. The van der Waals surface area contributed by atoms with E-state index in [2.05, 4.69) is 4.90 Å². The van der Waals surface area contributed by atoms with Crippen molar-refractivity contribution in [1.29, 1.82) is 0 Å². The van der Waals surface area contributed by atoms with Crippen molar-refractivity contribution in [2.24, 2.45) is 0 Å². The SMILES string of the molecule is O=C(O)CCCN1CCCCC[C@@H]1C[C@@H](O)c1cccs1. The van der Waals surface area contributed by atoms with E-state index in [-0.39, 0.29) is 6.42 Å². The fraction of sp³-hybridized carbons (Fsp3) is 0.688. The first kappa shape index (κ1) is 16.5. The first-order valence-electron chi connectivity index (χ1n) is 7.84. The van der Waals surface area contributed by atoms with Gasteiger partial charge in [0.25, 0.3) is 0 Å². The van der Waals surface area contributed by atoms with E-state index in [1.54, 1.807) is 11.3 Å². The maximum Gasteiger partial charge on any atom is 0.303 e. The number of carboxylic acid groups (broad SMARTS) is 1. The van der Waals surface area contributed by atoms with Gasteiger partial charge in [-0.05, 0) is 50.2 Å². The highest BCUT2D eigenvalue weighted by molar-refractivity contribution is 7.10. The summed E-state index contributed by atoms with van der Waals surface area (Å²) in [5.74, 6) is -0.722. The van der Waals surface area contributed by atoms with Crippen molar-refractivity contribution >= 4 is 17.3 Å². The van der Waals surface area contributed by atoms with Gasteiger partial charge in [-0.1, -0.05) is 18.9 Å². The van der Waals surface area contributed by atoms with E-state index in [9.17, 15) is 9.90 Å². The summed E-state index contributed by atoms with van der Waals surface area (Å²) in [4.78, 5) is 14.1. The average Bonchev–Trinajstić information content (AvgIpc) is 2.89. The van der Waals surface area contributed by atoms with Gasteiger partial charge in [0.15, 0.2) is 0 Å². The van der Waals surface area contributed by atoms with E-state index < -0.39 is 12.1 Å². The maximum atomic E-state index is 10.7. The molecule has 0 saturated carbocycles. The lowest BCUT2D eigenvalue weighted by molar-refractivity contribution is -0.137. The van der Waals surface area contributed by atoms with Gasteiger partial charge in [-0.25, -0.2) is 0 Å². The lowest BCUT2D eigenvalue weighted by Crippen LogP contribution is -2.37. The van der Waals surface area contributed by atoms with Crippen LogP contribution < -0.4 is 0 Å². The van der Waals surface area contributed by atoms with Gasteiger partial charge in [0.1, 0.15) is 0 Å². The van der Waals surface area contributed by atoms with Gasteiger partial charge >= 0.3 is 5.97 Å². The van der Waals surface area contributed by atoms with E-state index in [1.165, 1.54) is 19.3 Å². The zero-order chi connectivity index (χ0) is 15.1. The van der Waals surface area contributed by atoms with Crippen LogP contribution in [0.4, 0.5) is 0 Å². The van der Waals surface area contributed by atoms with Crippen LogP contribution in [0.15, 0.2) is 17.5 Å². The van der Waals surface area contributed by atoms with Crippen LogP contribution in [0.3, 0.4) is 0 Å². The van der Waals surface area contributed by atoms with E-state index in [0.717, 1.165) is 30.8 Å². The van der Waals surface area contributed by atoms with Gasteiger partial charge in [-0.3, -0.25) is 4.79 Å². The lowest BCUT2D eigenvalue weighted by Gasteiger charge is -2.31. The number of carbonyl (C=O) groups is 1. The second-order valence-electron chi connectivity index (χ2n) is 5.80. The molecule has 1 aromatic rings. The molecular formula is C16H25NO3S. The Morgan fingerprint density at radius 2 is 2.29 bits per heavy atom. The number of aliphatic hydroxyl groups is 1. The number of hydrogen-bond donors (Lipinski definition) is 2. The van der Waals surface area contributed by atoms with Crippen molar-refractivity contribution in [3.8, 4) is 0 Å². The molecule has 0 bridgehead atoms. The van der Waals surface area contributed by atoms with Gasteiger partial charge in [0.05, 0.1) is 6.10 Å². The first-order chi connectivity index (χ1) is 10.2. The largest absolute Gasteiger partial charge is 0.481 e. The molecule has 0 aliphatic carbocycles. The highest BCUT2D eigenvalue weighted by Gasteiger charge is 2.24. The summed E-state index contributed by atoms with van der Waals surface area (Å²) in [6, 6.07) is 4.33. The minimum Gasteiger partial charge on any atom is -0.481 e. The van der Waals surface area contributed by atoms with Crippen LogP contribution in [0.1, 0.15) is 55.9 Å². The Morgan fingerprint density at radius 3 is 3.00 bits per heavy atom. The molecule has 0 aromatic carbocycles. The fourth-order valence-electron chi connectivity index (χ4n) is 3.09. The maximum absolute atomic E-state index is 10.7. The molecule has 1 aliphatic heterocycles. The number of aliphatic carboxylic acids is 1. The minimum absolute atomic E-state index is 0.233. The predicted octanol–water partition coefficient (Wildman–Crippen LogP) is 3.28. The Bertz CT molecular complexity index is 421. The molecule has 118 valence electrons. The molecule has 2 atom stereocenters. The molecule has 4 nitrogen and oxygen atoms in total. The molecule has 2 heterocycles. The number of carboxylic acids is 1. The number of nitrogens with zero attached hydrogens (tertiary/aromatic N) is 1. The highest BCUT2D eigenvalue weighted by Crippen LogP contribution is 2.28. The molecule has 1 fully saturated rings. The van der Waals surface area contributed by atoms with Gasteiger partial charge < -0.3 is 15.1 Å². The zero-order valence-electron chi connectivity index (χ0n) is 12.4. The van der Waals surface area contributed by atoms with E-state index in [4.69, 9.17) is 5.11 Å². The van der Waals surface area contributed by atoms with Crippen LogP contribution in [0.5, 0.6) is 0 Å². The number of aliphatic hydroxyl groups excluding tert-OH is 1. The summed E-state index contributed by atoms with van der Waals surface area (Å²) >= 11 is 1.60. The molecule has 0 unspecified atom stereocenters. The molecule has 21 heavy (non-hydrogen) atoms. The zero-order valence-corrected chi connectivity index (χ0v) is 13.2. The summed E-state index contributed by atoms with van der Waals surface area (Å²) in [7, 11) is 0. The van der Waals surface area contributed by atoms with Crippen LogP contribution in [0.2, 0.25) is 0 Å². The van der Waals surface area contributed by atoms with Gasteiger partial charge in [-0.2, -0.15) is 0 Å². The van der Waals surface area contributed by atoms with Crippen LogP contribution in [0, 0.1) is 0 Å². The Morgan fingerprint density at radius 1 is 1.43 bits per heavy atom. The second-order valence-corrected chi connectivity index (χ2v) is 6.78. The molecule has 5 heteroatoms. The third-order valence-corrected chi connectivity index (χ3v) is 5.18. The molecule has 0 spiro atoms. The summed E-state index contributed by atoms with van der Waals surface area (Å²) in [5, 5.41) is 21.1. The van der Waals surface area contributed by atoms with Crippen molar-refractivity contribution in [3.05, 3.63) is 22.4 Å².